The third-order valence-corrected chi connectivity index (χ3v) is 5.82. The molecule has 8 nitrogen and oxygen atoms in total. The van der Waals surface area contributed by atoms with Gasteiger partial charge in [-0.2, -0.15) is 0 Å². The molecule has 0 spiro atoms. The quantitative estimate of drug-likeness (QED) is 0.404. The lowest BCUT2D eigenvalue weighted by Crippen LogP contribution is -2.28. The van der Waals surface area contributed by atoms with Crippen LogP contribution >= 0.6 is 0 Å². The minimum Gasteiger partial charge on any atom is -0.436 e. The summed E-state index contributed by atoms with van der Waals surface area (Å²) in [4.78, 5) is 30.9. The van der Waals surface area contributed by atoms with E-state index >= 15 is 0 Å². The summed E-state index contributed by atoms with van der Waals surface area (Å²) in [5, 5.41) is 7.36. The number of aryl methyl sites for hydroxylation is 4. The van der Waals surface area contributed by atoms with Crippen LogP contribution in [0.3, 0.4) is 0 Å². The van der Waals surface area contributed by atoms with Crippen molar-refractivity contribution < 1.29 is 9.53 Å². The summed E-state index contributed by atoms with van der Waals surface area (Å²) >= 11 is 0. The molecular weight excluding hydrogens is 442 g/mol. The van der Waals surface area contributed by atoms with Gasteiger partial charge in [0.15, 0.2) is 0 Å². The predicted octanol–water partition coefficient (Wildman–Crippen LogP) is 4.71. The maximum absolute atomic E-state index is 13.4. The fourth-order valence-electron chi connectivity index (χ4n) is 4.27. The molecule has 1 amide bonds. The number of hydrogen-bond donors (Lipinski definition) is 1. The number of carbonyl (C=O) groups is 1. The van der Waals surface area contributed by atoms with Gasteiger partial charge in [-0.05, 0) is 74.2 Å². The average Bonchev–Trinajstić information content (AvgIpc) is 3.12. The molecule has 176 valence electrons. The second-order valence-corrected chi connectivity index (χ2v) is 8.75. The maximum Gasteiger partial charge on any atom is 0.351 e. The topological polar surface area (TPSA) is 90.5 Å². The molecule has 0 unspecified atom stereocenters. The van der Waals surface area contributed by atoms with E-state index in [9.17, 15) is 9.59 Å². The highest BCUT2D eigenvalue weighted by Gasteiger charge is 2.19. The number of nitrogens with zero attached hydrogens (tertiary/aromatic N) is 4. The lowest BCUT2D eigenvalue weighted by molar-refractivity contribution is -0.117. The van der Waals surface area contributed by atoms with Crippen molar-refractivity contribution in [2.24, 2.45) is 0 Å². The second kappa shape index (κ2) is 8.72. The first kappa shape index (κ1) is 22.3. The number of nitrogens with one attached hydrogen (secondary N) is 1. The highest BCUT2D eigenvalue weighted by Crippen LogP contribution is 2.27. The Morgan fingerprint density at radius 3 is 2.34 bits per heavy atom. The Morgan fingerprint density at radius 2 is 1.63 bits per heavy atom. The van der Waals surface area contributed by atoms with E-state index in [0.29, 0.717) is 16.8 Å². The number of ether oxygens (including phenoxy) is 1. The van der Waals surface area contributed by atoms with Crippen LogP contribution in [-0.2, 0) is 11.3 Å². The van der Waals surface area contributed by atoms with Crippen LogP contribution in [0.1, 0.15) is 22.3 Å². The molecule has 0 fully saturated rings. The molecule has 0 saturated heterocycles. The Balaban J connectivity index is 1.58. The lowest BCUT2D eigenvalue weighted by Gasteiger charge is -2.11. The fourth-order valence-corrected chi connectivity index (χ4v) is 4.27. The van der Waals surface area contributed by atoms with E-state index in [-0.39, 0.29) is 24.0 Å². The number of benzene rings is 3. The van der Waals surface area contributed by atoms with Crippen LogP contribution in [0.15, 0.2) is 65.5 Å². The Hall–Kier alpha value is -4.46. The zero-order chi connectivity index (χ0) is 24.7. The molecular formula is C27H25N5O3. The summed E-state index contributed by atoms with van der Waals surface area (Å²) < 4.78 is 8.69. The van der Waals surface area contributed by atoms with Crippen molar-refractivity contribution in [2.75, 3.05) is 5.32 Å². The van der Waals surface area contributed by atoms with Crippen LogP contribution in [0.2, 0.25) is 0 Å². The molecule has 2 aromatic heterocycles. The summed E-state index contributed by atoms with van der Waals surface area (Å²) in [6.45, 7) is 7.57. The van der Waals surface area contributed by atoms with Gasteiger partial charge in [-0.25, -0.2) is 18.9 Å². The summed E-state index contributed by atoms with van der Waals surface area (Å²) in [5.41, 5.74) is 5.68. The number of para-hydroxylation sites is 3. The predicted molar refractivity (Wildman–Crippen MR) is 135 cm³/mol. The van der Waals surface area contributed by atoms with Gasteiger partial charge < -0.3 is 10.1 Å². The van der Waals surface area contributed by atoms with Gasteiger partial charge in [0.25, 0.3) is 5.88 Å². The number of aromatic nitrogens is 4. The molecule has 0 aliphatic heterocycles. The molecule has 5 aromatic rings. The van der Waals surface area contributed by atoms with Crippen LogP contribution in [-0.4, -0.2) is 25.1 Å². The van der Waals surface area contributed by atoms with E-state index in [0.717, 1.165) is 32.6 Å². The van der Waals surface area contributed by atoms with Gasteiger partial charge in [-0.15, -0.1) is 5.10 Å². The van der Waals surface area contributed by atoms with Gasteiger partial charge >= 0.3 is 5.69 Å². The fraction of sp³-hybridized carbons (Fsp3) is 0.185. The Kier molecular flexibility index (Phi) is 5.56. The van der Waals surface area contributed by atoms with Crippen LogP contribution in [0.25, 0.3) is 16.7 Å². The normalized spacial score (nSPS) is 11.2. The Bertz CT molecular complexity index is 1630. The van der Waals surface area contributed by atoms with Crippen molar-refractivity contribution >= 4 is 28.3 Å². The first-order valence-electron chi connectivity index (χ1n) is 11.3. The first-order chi connectivity index (χ1) is 16.8. The van der Waals surface area contributed by atoms with Crippen molar-refractivity contribution in [3.63, 3.8) is 0 Å². The van der Waals surface area contributed by atoms with Crippen LogP contribution in [0.5, 0.6) is 11.6 Å². The largest absolute Gasteiger partial charge is 0.436 e. The molecule has 0 aliphatic rings. The smallest absolute Gasteiger partial charge is 0.351 e. The number of carbonyl (C=O) groups excluding carboxylic acids is 1. The number of amides is 1. The highest BCUT2D eigenvalue weighted by atomic mass is 16.5. The van der Waals surface area contributed by atoms with Gasteiger partial charge in [0.1, 0.15) is 12.3 Å². The second-order valence-electron chi connectivity index (χ2n) is 8.75. The molecule has 3 aromatic carbocycles. The van der Waals surface area contributed by atoms with Gasteiger partial charge in [-0.3, -0.25) is 4.79 Å². The summed E-state index contributed by atoms with van der Waals surface area (Å²) in [5.74, 6) is 0.448. The lowest BCUT2D eigenvalue weighted by atomic mass is 10.1. The molecule has 0 bridgehead atoms. The van der Waals surface area contributed by atoms with E-state index < -0.39 is 5.69 Å². The zero-order valence-corrected chi connectivity index (χ0v) is 20.0. The minimum atomic E-state index is -0.444. The zero-order valence-electron chi connectivity index (χ0n) is 20.0. The Labute approximate surface area is 201 Å². The SMILES string of the molecule is Cc1cc(C)cc(Oc2nc3ccccc3n3c(=O)n(CC(=O)Nc4c(C)cccc4C)nc23)c1. The van der Waals surface area contributed by atoms with Crippen molar-refractivity contribution in [2.45, 2.75) is 34.2 Å². The highest BCUT2D eigenvalue weighted by molar-refractivity contribution is 5.92. The first-order valence-corrected chi connectivity index (χ1v) is 11.3. The van der Waals surface area contributed by atoms with E-state index in [4.69, 9.17) is 4.74 Å². The molecule has 35 heavy (non-hydrogen) atoms. The van der Waals surface area contributed by atoms with Crippen LogP contribution in [0, 0.1) is 27.7 Å². The summed E-state index contributed by atoms with van der Waals surface area (Å²) in [6, 6.07) is 18.9. The van der Waals surface area contributed by atoms with Gasteiger partial charge in [0, 0.05) is 5.69 Å². The van der Waals surface area contributed by atoms with Gasteiger partial charge in [0.2, 0.25) is 11.6 Å². The minimum absolute atomic E-state index is 0.194. The molecule has 0 atom stereocenters. The molecule has 0 aliphatic carbocycles. The van der Waals surface area contributed by atoms with Gasteiger partial charge in [-0.1, -0.05) is 36.4 Å². The van der Waals surface area contributed by atoms with E-state index in [1.807, 2.05) is 76.2 Å². The number of anilines is 1. The Morgan fingerprint density at radius 1 is 0.943 bits per heavy atom. The van der Waals surface area contributed by atoms with Crippen molar-refractivity contribution in [3.05, 3.63) is 93.4 Å². The monoisotopic (exact) mass is 467 g/mol. The average molecular weight is 468 g/mol. The third-order valence-electron chi connectivity index (χ3n) is 5.82. The van der Waals surface area contributed by atoms with E-state index in [2.05, 4.69) is 15.4 Å². The molecule has 0 saturated carbocycles. The maximum atomic E-state index is 13.4. The molecule has 0 radical (unpaired) electrons. The molecule has 8 heteroatoms. The molecule has 1 N–H and O–H groups in total. The summed E-state index contributed by atoms with van der Waals surface area (Å²) in [6.07, 6.45) is 0. The van der Waals surface area contributed by atoms with Crippen molar-refractivity contribution in [1.82, 2.24) is 19.2 Å². The van der Waals surface area contributed by atoms with Gasteiger partial charge in [0.05, 0.1) is 11.0 Å². The number of fused-ring (bicyclic) bond motifs is 3. The van der Waals surface area contributed by atoms with E-state index in [1.54, 1.807) is 12.1 Å². The van der Waals surface area contributed by atoms with Crippen molar-refractivity contribution in [1.29, 1.82) is 0 Å². The van der Waals surface area contributed by atoms with Crippen LogP contribution in [0.4, 0.5) is 5.69 Å². The standard InChI is InChI=1S/C27H25N5O3/c1-16-12-17(2)14-20(13-16)35-26-25-30-31(15-23(33)29-24-18(3)8-7-9-19(24)4)27(34)32(25)22-11-6-5-10-21(22)28-26/h5-14H,15H2,1-4H3,(H,29,33). The van der Waals surface area contributed by atoms with E-state index in [1.165, 1.54) is 4.40 Å². The van der Waals surface area contributed by atoms with Crippen LogP contribution < -0.4 is 15.7 Å². The van der Waals surface area contributed by atoms with Crippen molar-refractivity contribution in [3.8, 4) is 11.6 Å². The summed E-state index contributed by atoms with van der Waals surface area (Å²) in [7, 11) is 0. The number of hydrogen-bond acceptors (Lipinski definition) is 5. The molecule has 2 heterocycles. The number of rotatable bonds is 5. The molecule has 5 rings (SSSR count). The third kappa shape index (κ3) is 4.26.